The molecule has 0 saturated carbocycles. The minimum Gasteiger partial charge on any atom is -0.370 e. The summed E-state index contributed by atoms with van der Waals surface area (Å²) in [5.41, 5.74) is 5.23. The second-order valence-corrected chi connectivity index (χ2v) is 10.1. The normalized spacial score (nSPS) is 14.3. The quantitative estimate of drug-likeness (QED) is 0.273. The van der Waals surface area contributed by atoms with Crippen molar-refractivity contribution in [3.8, 4) is 11.1 Å². The Balaban J connectivity index is 1.46. The summed E-state index contributed by atoms with van der Waals surface area (Å²) < 4.78 is 0. The van der Waals surface area contributed by atoms with Crippen LogP contribution in [-0.2, 0) is 4.79 Å². The molecule has 4 aromatic rings. The van der Waals surface area contributed by atoms with Gasteiger partial charge in [0.15, 0.2) is 0 Å². The fourth-order valence-corrected chi connectivity index (χ4v) is 5.11. The first kappa shape index (κ1) is 25.7. The van der Waals surface area contributed by atoms with Gasteiger partial charge in [-0.3, -0.25) is 4.79 Å². The van der Waals surface area contributed by atoms with Crippen LogP contribution in [0.25, 0.3) is 22.0 Å². The number of carbonyl (C=O) groups excluding carboxylic acids is 1. The smallest absolute Gasteiger partial charge is 0.247 e. The fourth-order valence-electron chi connectivity index (χ4n) is 4.92. The Hall–Kier alpha value is -3.94. The van der Waals surface area contributed by atoms with Gasteiger partial charge in [-0.15, -0.1) is 0 Å². The van der Waals surface area contributed by atoms with E-state index in [0.29, 0.717) is 22.7 Å². The average molecular weight is 527 g/mol. The van der Waals surface area contributed by atoms with Gasteiger partial charge in [0, 0.05) is 40.9 Å². The number of hydrogen-bond donors (Lipinski definition) is 2. The zero-order valence-corrected chi connectivity index (χ0v) is 22.4. The van der Waals surface area contributed by atoms with E-state index in [4.69, 9.17) is 16.6 Å². The summed E-state index contributed by atoms with van der Waals surface area (Å²) in [5.74, 6) is 0.206. The maximum atomic E-state index is 12.3. The van der Waals surface area contributed by atoms with Gasteiger partial charge in [-0.05, 0) is 75.0 Å². The second-order valence-electron chi connectivity index (χ2n) is 9.64. The molecule has 3 aromatic carbocycles. The van der Waals surface area contributed by atoms with Gasteiger partial charge in [-0.1, -0.05) is 48.5 Å². The molecule has 0 bridgehead atoms. The van der Waals surface area contributed by atoms with E-state index in [0.717, 1.165) is 59.3 Å². The van der Waals surface area contributed by atoms with Gasteiger partial charge in [-0.2, -0.15) is 0 Å². The molecule has 1 fully saturated rings. The number of para-hydroxylation sites is 1. The van der Waals surface area contributed by atoms with Crippen LogP contribution in [0.15, 0.2) is 79.5 Å². The number of nitrogens with one attached hydrogen (secondary N) is 2. The van der Waals surface area contributed by atoms with Crippen molar-refractivity contribution in [3.63, 3.8) is 0 Å². The van der Waals surface area contributed by atoms with Gasteiger partial charge in [-0.25, -0.2) is 9.97 Å². The van der Waals surface area contributed by atoms with Crippen LogP contribution in [0.4, 0.5) is 23.0 Å². The number of benzene rings is 3. The highest BCUT2D eigenvalue weighted by atomic mass is 35.5. The molecule has 0 unspecified atom stereocenters. The largest absolute Gasteiger partial charge is 0.370 e. The van der Waals surface area contributed by atoms with Crippen LogP contribution < -0.4 is 15.5 Å². The Morgan fingerprint density at radius 3 is 2.68 bits per heavy atom. The molecule has 8 heteroatoms. The van der Waals surface area contributed by atoms with E-state index in [1.807, 2.05) is 60.7 Å². The predicted molar refractivity (Wildman–Crippen MR) is 157 cm³/mol. The highest BCUT2D eigenvalue weighted by Gasteiger charge is 2.23. The average Bonchev–Trinajstić information content (AvgIpc) is 2.93. The SMILES string of the molecule is C=CC(=O)Nc1cc(Nc2ncc3cccc(-c4cccc(Cl)c4)c3n2)ccc1N(C)C1CCN(C)CC1. The van der Waals surface area contributed by atoms with E-state index in [9.17, 15) is 4.79 Å². The lowest BCUT2D eigenvalue weighted by molar-refractivity contribution is -0.111. The van der Waals surface area contributed by atoms with E-state index in [1.54, 1.807) is 6.20 Å². The highest BCUT2D eigenvalue weighted by molar-refractivity contribution is 6.30. The lowest BCUT2D eigenvalue weighted by Gasteiger charge is -2.37. The molecule has 0 spiro atoms. The zero-order valence-electron chi connectivity index (χ0n) is 21.6. The van der Waals surface area contributed by atoms with Crippen LogP contribution in [0.3, 0.4) is 0 Å². The van der Waals surface area contributed by atoms with Gasteiger partial charge >= 0.3 is 0 Å². The third kappa shape index (κ3) is 5.64. The summed E-state index contributed by atoms with van der Waals surface area (Å²) in [4.78, 5) is 26.3. The zero-order chi connectivity index (χ0) is 26.6. The minimum absolute atomic E-state index is 0.256. The molecule has 2 N–H and O–H groups in total. The molecule has 2 heterocycles. The maximum Gasteiger partial charge on any atom is 0.247 e. The maximum absolute atomic E-state index is 12.3. The lowest BCUT2D eigenvalue weighted by atomic mass is 10.0. The first-order chi connectivity index (χ1) is 18.4. The molecule has 1 aliphatic heterocycles. The molecule has 0 radical (unpaired) electrons. The Kier molecular flexibility index (Phi) is 7.58. The van der Waals surface area contributed by atoms with Crippen LogP contribution in [0, 0.1) is 0 Å². The van der Waals surface area contributed by atoms with Gasteiger partial charge in [0.1, 0.15) is 0 Å². The fraction of sp³-hybridized carbons (Fsp3) is 0.233. The summed E-state index contributed by atoms with van der Waals surface area (Å²) in [6.07, 6.45) is 5.23. The van der Waals surface area contributed by atoms with Gasteiger partial charge in [0.25, 0.3) is 0 Å². The first-order valence-corrected chi connectivity index (χ1v) is 13.1. The number of aromatic nitrogens is 2. The first-order valence-electron chi connectivity index (χ1n) is 12.7. The number of anilines is 4. The molecule has 1 aliphatic rings. The minimum atomic E-state index is -0.256. The molecular formula is C30H31ClN6O. The van der Waals surface area contributed by atoms with Crippen LogP contribution in [-0.4, -0.2) is 54.0 Å². The number of piperidine rings is 1. The number of nitrogens with zero attached hydrogens (tertiary/aromatic N) is 4. The van der Waals surface area contributed by atoms with Crippen LogP contribution >= 0.6 is 11.6 Å². The topological polar surface area (TPSA) is 73.4 Å². The van der Waals surface area contributed by atoms with Crippen molar-refractivity contribution in [3.05, 3.63) is 84.5 Å². The third-order valence-electron chi connectivity index (χ3n) is 7.06. The molecule has 0 aliphatic carbocycles. The number of hydrogen-bond acceptors (Lipinski definition) is 6. The number of amides is 1. The second kappa shape index (κ2) is 11.2. The Morgan fingerprint density at radius 1 is 1.13 bits per heavy atom. The summed E-state index contributed by atoms with van der Waals surface area (Å²) in [6.45, 7) is 5.72. The van der Waals surface area contributed by atoms with Crippen molar-refractivity contribution in [1.82, 2.24) is 14.9 Å². The number of fused-ring (bicyclic) bond motifs is 1. The predicted octanol–water partition coefficient (Wildman–Crippen LogP) is 6.35. The molecule has 7 nitrogen and oxygen atoms in total. The van der Waals surface area contributed by atoms with E-state index < -0.39 is 0 Å². The van der Waals surface area contributed by atoms with Crippen molar-refractivity contribution in [2.75, 3.05) is 42.7 Å². The Morgan fingerprint density at radius 2 is 1.92 bits per heavy atom. The molecule has 0 atom stereocenters. The molecule has 194 valence electrons. The molecule has 5 rings (SSSR count). The monoisotopic (exact) mass is 526 g/mol. The summed E-state index contributed by atoms with van der Waals surface area (Å²) in [5, 5.41) is 7.90. The van der Waals surface area contributed by atoms with Crippen molar-refractivity contribution < 1.29 is 4.79 Å². The molecule has 38 heavy (non-hydrogen) atoms. The summed E-state index contributed by atoms with van der Waals surface area (Å²) in [6, 6.07) is 20.1. The van der Waals surface area contributed by atoms with E-state index >= 15 is 0 Å². The van der Waals surface area contributed by atoms with Crippen LogP contribution in [0.1, 0.15) is 12.8 Å². The van der Waals surface area contributed by atoms with E-state index in [1.165, 1.54) is 6.08 Å². The standard InChI is InChI=1S/C30H31ClN6O/c1-4-28(38)34-26-18-23(11-12-27(26)37(3)24-13-15-36(2)16-14-24)33-30-32-19-21-8-6-10-25(29(21)35-30)20-7-5-9-22(31)17-20/h4-12,17-19,24H,1,13-16H2,2-3H3,(H,34,38)(H,32,33,35). The van der Waals surface area contributed by atoms with Gasteiger partial charge in [0.2, 0.25) is 11.9 Å². The van der Waals surface area contributed by atoms with Crippen molar-refractivity contribution in [1.29, 1.82) is 0 Å². The number of halogens is 1. The number of carbonyl (C=O) groups is 1. The lowest BCUT2D eigenvalue weighted by Crippen LogP contribution is -2.42. The van der Waals surface area contributed by atoms with E-state index in [-0.39, 0.29) is 5.91 Å². The van der Waals surface area contributed by atoms with Crippen molar-refractivity contribution in [2.24, 2.45) is 0 Å². The van der Waals surface area contributed by atoms with Gasteiger partial charge < -0.3 is 20.4 Å². The number of likely N-dealkylation sites (tertiary alicyclic amines) is 1. The van der Waals surface area contributed by atoms with Crippen LogP contribution in [0.2, 0.25) is 5.02 Å². The molecular weight excluding hydrogens is 496 g/mol. The highest BCUT2D eigenvalue weighted by Crippen LogP contribution is 2.34. The Labute approximate surface area is 228 Å². The van der Waals surface area contributed by atoms with Crippen molar-refractivity contribution in [2.45, 2.75) is 18.9 Å². The number of rotatable bonds is 7. The molecule has 1 amide bonds. The molecule has 1 aromatic heterocycles. The summed E-state index contributed by atoms with van der Waals surface area (Å²) >= 11 is 6.25. The van der Waals surface area contributed by atoms with Crippen molar-refractivity contribution >= 4 is 51.4 Å². The third-order valence-corrected chi connectivity index (χ3v) is 7.29. The van der Waals surface area contributed by atoms with Crippen LogP contribution in [0.5, 0.6) is 0 Å². The van der Waals surface area contributed by atoms with E-state index in [2.05, 4.69) is 46.1 Å². The Bertz CT molecular complexity index is 1480. The summed E-state index contributed by atoms with van der Waals surface area (Å²) in [7, 11) is 4.24. The molecule has 1 saturated heterocycles. The van der Waals surface area contributed by atoms with Gasteiger partial charge in [0.05, 0.1) is 16.9 Å².